The summed E-state index contributed by atoms with van der Waals surface area (Å²) in [4.78, 5) is 157. The summed E-state index contributed by atoms with van der Waals surface area (Å²) < 4.78 is 183. The van der Waals surface area contributed by atoms with Crippen molar-refractivity contribution in [3.8, 4) is 0 Å². The fourth-order valence-electron chi connectivity index (χ4n) is 7.02. The minimum Gasteiger partial charge on any atom is -0.382 e. The van der Waals surface area contributed by atoms with Crippen molar-refractivity contribution in [3.05, 3.63) is 0 Å². The van der Waals surface area contributed by atoms with Gasteiger partial charge in [-0.2, -0.15) is 0 Å². The third kappa shape index (κ3) is 29.7. The van der Waals surface area contributed by atoms with E-state index in [1.54, 1.807) is 6.92 Å². The first kappa shape index (κ1) is 72.6. The van der Waals surface area contributed by atoms with Gasteiger partial charge in [0.25, 0.3) is 0 Å². The lowest BCUT2D eigenvalue weighted by Crippen LogP contribution is -2.67. The minimum atomic E-state index is -6.13. The standard InChI is InChI=1S/C27H60O41P8/c1-15(14-53-3)56-12-13-60-18-21(62-70(31,32)33)16(57-9-6-54-5-4-52-2)20(61-69(28,29)30)17(22(18)63-71(34,35)36)58-10-7-55-8-11-59-19-23(64-72(37,38)39)25(66-74(43,44)45)27(68-76(49,50)51)26(67-75(46,47)48)24(19)65-73(40,41)42/h15-27H,4-14H2,1-3H3,(H2,28,29,30)(H2,31,32,33)(H2,34,35,36)(H2,37,38,39)(H2,40,41,42)(H2,43,44,45)(H2,46,47,48)(H2,49,50,51)/t15?,16-,17-,18-,19-,20-,21+,22-,23+,24-,25-,26+,27+/m0/s1. The molecule has 2 aliphatic rings. The average molecular weight is 1290 g/mol. The average Bonchev–Trinajstić information content (AvgIpc) is 3.20. The van der Waals surface area contributed by atoms with Gasteiger partial charge in [-0.15, -0.1) is 0 Å². The molecule has 49 heteroatoms. The number of phosphoric acid groups is 8. The molecule has 0 bridgehead atoms. The molecule has 0 aromatic carbocycles. The lowest BCUT2D eigenvalue weighted by Gasteiger charge is -2.49. The van der Waals surface area contributed by atoms with Crippen molar-refractivity contribution in [2.45, 2.75) is 86.3 Å². The fourth-order valence-corrected chi connectivity index (χ4v) is 11.5. The van der Waals surface area contributed by atoms with Crippen LogP contribution in [0.1, 0.15) is 6.92 Å². The molecule has 2 saturated carbocycles. The molecule has 76 heavy (non-hydrogen) atoms. The normalized spacial score (nSPS) is 28.2. The molecule has 0 aliphatic heterocycles. The van der Waals surface area contributed by atoms with E-state index in [-0.39, 0.29) is 33.0 Å². The van der Waals surface area contributed by atoms with Crippen LogP contribution in [-0.2, 0) is 115 Å². The van der Waals surface area contributed by atoms with Gasteiger partial charge in [-0.1, -0.05) is 0 Å². The Labute approximate surface area is 428 Å². The first-order valence-electron chi connectivity index (χ1n) is 20.7. The predicted octanol–water partition coefficient (Wildman–Crippen LogP) is -3.89. The van der Waals surface area contributed by atoms with Crippen LogP contribution in [0.5, 0.6) is 0 Å². The Morgan fingerprint density at radius 1 is 0.289 bits per heavy atom. The lowest BCUT2D eigenvalue weighted by atomic mass is 9.84. The van der Waals surface area contributed by atoms with Crippen LogP contribution in [0, 0.1) is 0 Å². The van der Waals surface area contributed by atoms with Crippen LogP contribution in [0.25, 0.3) is 0 Å². The Morgan fingerprint density at radius 2 is 0.487 bits per heavy atom. The molecule has 0 aromatic rings. The Bertz CT molecular complexity index is 2060. The van der Waals surface area contributed by atoms with E-state index < -0.39 is 182 Å². The molecule has 1 unspecified atom stereocenters. The molecule has 16 N–H and O–H groups in total. The molecule has 41 nitrogen and oxygen atoms in total. The van der Waals surface area contributed by atoms with Crippen LogP contribution in [0.2, 0.25) is 0 Å². The van der Waals surface area contributed by atoms with E-state index in [1.807, 2.05) is 0 Å². The number of ether oxygens (including phenoxy) is 9. The van der Waals surface area contributed by atoms with Crippen LogP contribution in [0.3, 0.4) is 0 Å². The van der Waals surface area contributed by atoms with Gasteiger partial charge >= 0.3 is 62.6 Å². The van der Waals surface area contributed by atoms with Gasteiger partial charge in [-0.25, -0.2) is 36.5 Å². The topological polar surface area (TPSA) is 617 Å². The van der Waals surface area contributed by atoms with Gasteiger partial charge in [-0.05, 0) is 6.92 Å². The number of phosphoric ester groups is 8. The van der Waals surface area contributed by atoms with Crippen molar-refractivity contribution < 1.29 is 194 Å². The van der Waals surface area contributed by atoms with E-state index in [2.05, 4.69) is 22.6 Å². The Hall–Kier alpha value is 0.520. The molecule has 13 atom stereocenters. The zero-order valence-corrected chi connectivity index (χ0v) is 46.4. The zero-order valence-electron chi connectivity index (χ0n) is 39.2. The summed E-state index contributed by atoms with van der Waals surface area (Å²) in [7, 11) is -45.3. The summed E-state index contributed by atoms with van der Waals surface area (Å²) in [6.07, 6.45) is -32.5. The molecular formula is C27H60O41P8. The highest BCUT2D eigenvalue weighted by atomic mass is 31.2. The van der Waals surface area contributed by atoms with Crippen molar-refractivity contribution in [3.63, 3.8) is 0 Å². The van der Waals surface area contributed by atoms with Gasteiger partial charge in [0.1, 0.15) is 73.2 Å². The maximum atomic E-state index is 12.5. The molecule has 0 spiro atoms. The molecule has 0 heterocycles. The largest absolute Gasteiger partial charge is 0.470 e. The summed E-state index contributed by atoms with van der Waals surface area (Å²) in [5.74, 6) is 0. The Kier molecular flexibility index (Phi) is 30.0. The van der Waals surface area contributed by atoms with E-state index in [0.717, 1.165) is 0 Å². The molecule has 0 saturated heterocycles. The maximum Gasteiger partial charge on any atom is 0.470 e. The molecular weight excluding hydrogens is 1230 g/mol. The summed E-state index contributed by atoms with van der Waals surface area (Å²) in [6, 6.07) is 0. The van der Waals surface area contributed by atoms with Gasteiger partial charge in [0.2, 0.25) is 0 Å². The zero-order chi connectivity index (χ0) is 58.3. The van der Waals surface area contributed by atoms with Gasteiger partial charge in [0.05, 0.1) is 78.8 Å². The summed E-state index contributed by atoms with van der Waals surface area (Å²) in [5.41, 5.74) is 0. The maximum absolute atomic E-state index is 12.5. The first-order chi connectivity index (χ1) is 34.5. The van der Waals surface area contributed by atoms with Crippen LogP contribution in [-0.4, -0.2) is 245 Å². The first-order valence-corrected chi connectivity index (χ1v) is 32.9. The highest BCUT2D eigenvalue weighted by Crippen LogP contribution is 2.56. The number of hydrogen-bond acceptors (Lipinski definition) is 25. The molecule has 0 amide bonds. The fraction of sp³-hybridized carbons (Fsp3) is 1.00. The van der Waals surface area contributed by atoms with Crippen molar-refractivity contribution >= 4 is 62.6 Å². The quantitative estimate of drug-likeness (QED) is 0.0208. The van der Waals surface area contributed by atoms with Gasteiger partial charge in [-0.3, -0.25) is 36.2 Å². The molecule has 2 aliphatic carbocycles. The molecule has 2 fully saturated rings. The van der Waals surface area contributed by atoms with E-state index in [4.69, 9.17) is 56.2 Å². The second-order valence-corrected chi connectivity index (χ2v) is 24.7. The second-order valence-electron chi connectivity index (χ2n) is 15.2. The highest BCUT2D eigenvalue weighted by molar-refractivity contribution is 7.48. The van der Waals surface area contributed by atoms with E-state index in [9.17, 15) is 115 Å². The predicted molar refractivity (Wildman–Crippen MR) is 235 cm³/mol. The number of methoxy groups -OCH3 is 2. The Balaban J connectivity index is 2.64. The molecule has 0 radical (unpaired) electrons. The minimum absolute atomic E-state index is 0.0458. The van der Waals surface area contributed by atoms with Crippen LogP contribution < -0.4 is 0 Å². The number of hydrogen-bond donors (Lipinski definition) is 16. The van der Waals surface area contributed by atoms with Crippen LogP contribution in [0.15, 0.2) is 0 Å². The van der Waals surface area contributed by atoms with E-state index in [1.165, 1.54) is 14.2 Å². The Morgan fingerprint density at radius 3 is 0.697 bits per heavy atom. The lowest BCUT2D eigenvalue weighted by molar-refractivity contribution is -0.250. The molecule has 2 rings (SSSR count). The van der Waals surface area contributed by atoms with Gasteiger partial charge in [0, 0.05) is 14.2 Å². The van der Waals surface area contributed by atoms with Gasteiger partial charge in [0.15, 0.2) is 0 Å². The monoisotopic (exact) mass is 1290 g/mol. The van der Waals surface area contributed by atoms with Crippen LogP contribution >= 0.6 is 62.6 Å². The van der Waals surface area contributed by atoms with Crippen molar-refractivity contribution in [1.82, 2.24) is 0 Å². The summed E-state index contributed by atoms with van der Waals surface area (Å²) in [6.45, 7) is -4.12. The third-order valence-corrected chi connectivity index (χ3v) is 13.3. The van der Waals surface area contributed by atoms with E-state index >= 15 is 0 Å². The summed E-state index contributed by atoms with van der Waals surface area (Å²) in [5, 5.41) is 0. The van der Waals surface area contributed by atoms with Crippen LogP contribution in [0.4, 0.5) is 0 Å². The van der Waals surface area contributed by atoms with E-state index in [0.29, 0.717) is 0 Å². The molecule has 454 valence electrons. The SMILES string of the molecule is COCCOCCO[C@H]1[C@H](OP(=O)(O)O)[C@H](OCCOCCO[C@H]2[C@@H](OP(=O)(O)O)[C@H](OP(=O)(O)O)[C@@H](OP(=O)(O)O)[C@H](OP(=O)(O)O)[C@H]2OP(=O)(O)O)[C@H](OP(=O)(O)O)[C@@H](OCCOC(C)COC)[C@@H]1OP(=O)(O)O. The number of rotatable bonds is 38. The van der Waals surface area contributed by atoms with Gasteiger partial charge < -0.3 is 121 Å². The molecule has 0 aromatic heterocycles. The summed E-state index contributed by atoms with van der Waals surface area (Å²) >= 11 is 0. The smallest absolute Gasteiger partial charge is 0.382 e. The highest BCUT2D eigenvalue weighted by Gasteiger charge is 2.62. The van der Waals surface area contributed by atoms with Crippen molar-refractivity contribution in [1.29, 1.82) is 0 Å². The van der Waals surface area contributed by atoms with Crippen molar-refractivity contribution in [2.75, 3.05) is 86.9 Å². The second kappa shape index (κ2) is 31.4. The third-order valence-electron chi connectivity index (χ3n) is 9.20. The van der Waals surface area contributed by atoms with Crippen molar-refractivity contribution in [2.24, 2.45) is 0 Å².